The molecule has 0 spiro atoms. The van der Waals surface area contributed by atoms with Crippen molar-refractivity contribution < 1.29 is 13.6 Å². The van der Waals surface area contributed by atoms with E-state index in [4.69, 9.17) is 11.6 Å². The minimum Gasteiger partial charge on any atom is -0.280 e. The topological polar surface area (TPSA) is 17.1 Å². The quantitative estimate of drug-likeness (QED) is 0.580. The van der Waals surface area contributed by atoms with E-state index < -0.39 is 22.7 Å². The van der Waals surface area contributed by atoms with Crippen LogP contribution in [-0.4, -0.2) is 10.9 Å². The molecule has 0 heterocycles. The predicted molar refractivity (Wildman–Crippen MR) is 40.1 cm³/mol. The fraction of sp³-hybridized carbons (Fsp3) is 0.375. The molecule has 1 saturated carbocycles. The highest BCUT2D eigenvalue weighted by Crippen LogP contribution is 2.59. The number of hydrogen-bond donors (Lipinski definition) is 0. The Morgan fingerprint density at radius 2 is 2.33 bits per heavy atom. The molecule has 2 rings (SSSR count). The summed E-state index contributed by atoms with van der Waals surface area (Å²) in [5.41, 5.74) is -1.50. The lowest BCUT2D eigenvalue weighted by Gasteiger charge is -2.04. The zero-order valence-electron chi connectivity index (χ0n) is 5.98. The SMILES string of the molecule is O=C(Cl)C1C2=CC=C(F)CC21F. The molecule has 0 aromatic rings. The summed E-state index contributed by atoms with van der Waals surface area (Å²) in [5.74, 6) is -1.45. The van der Waals surface area contributed by atoms with E-state index in [2.05, 4.69) is 0 Å². The van der Waals surface area contributed by atoms with Gasteiger partial charge in [-0.05, 0) is 23.3 Å². The van der Waals surface area contributed by atoms with Crippen LogP contribution in [0.2, 0.25) is 0 Å². The molecule has 0 aromatic carbocycles. The molecule has 4 heteroatoms. The minimum atomic E-state index is -1.81. The Labute approximate surface area is 72.7 Å². The number of alkyl halides is 1. The van der Waals surface area contributed by atoms with Crippen LogP contribution >= 0.6 is 11.6 Å². The highest BCUT2D eigenvalue weighted by molar-refractivity contribution is 6.65. The van der Waals surface area contributed by atoms with Gasteiger partial charge in [-0.3, -0.25) is 4.79 Å². The van der Waals surface area contributed by atoms with Crippen LogP contribution < -0.4 is 0 Å². The monoisotopic (exact) mass is 190 g/mol. The van der Waals surface area contributed by atoms with Crippen LogP contribution in [0.25, 0.3) is 0 Å². The Balaban J connectivity index is 2.29. The number of fused-ring (bicyclic) bond motifs is 1. The molecule has 0 aromatic heterocycles. The number of carbonyl (C=O) groups is 1. The summed E-state index contributed by atoms with van der Waals surface area (Å²) in [6.45, 7) is 0. The first-order valence-electron chi connectivity index (χ1n) is 3.50. The molecule has 0 amide bonds. The number of allylic oxidation sites excluding steroid dienone is 4. The van der Waals surface area contributed by atoms with Crippen LogP contribution in [0.1, 0.15) is 6.42 Å². The second-order valence-corrected chi connectivity index (χ2v) is 3.38. The maximum atomic E-state index is 13.5. The smallest absolute Gasteiger partial charge is 0.232 e. The van der Waals surface area contributed by atoms with Crippen molar-refractivity contribution in [2.75, 3.05) is 0 Å². The summed E-state index contributed by atoms with van der Waals surface area (Å²) in [6, 6.07) is 0. The van der Waals surface area contributed by atoms with Crippen molar-refractivity contribution >= 4 is 16.8 Å². The fourth-order valence-electron chi connectivity index (χ4n) is 1.60. The molecular weight excluding hydrogens is 186 g/mol. The van der Waals surface area contributed by atoms with E-state index in [0.29, 0.717) is 5.57 Å². The highest BCUT2D eigenvalue weighted by Gasteiger charge is 2.65. The summed E-state index contributed by atoms with van der Waals surface area (Å²) < 4.78 is 26.0. The Kier molecular flexibility index (Phi) is 1.43. The van der Waals surface area contributed by atoms with Crippen molar-refractivity contribution in [3.05, 3.63) is 23.6 Å². The van der Waals surface area contributed by atoms with Gasteiger partial charge in [0, 0.05) is 6.42 Å². The molecule has 0 aliphatic heterocycles. The van der Waals surface area contributed by atoms with E-state index in [1.54, 1.807) is 0 Å². The Morgan fingerprint density at radius 1 is 1.67 bits per heavy atom. The first-order valence-corrected chi connectivity index (χ1v) is 3.88. The number of hydrogen-bond acceptors (Lipinski definition) is 1. The normalized spacial score (nSPS) is 38.1. The Morgan fingerprint density at radius 3 is 2.83 bits per heavy atom. The Hall–Kier alpha value is -0.700. The first-order chi connectivity index (χ1) is 5.55. The van der Waals surface area contributed by atoms with Gasteiger partial charge in [-0.1, -0.05) is 6.08 Å². The van der Waals surface area contributed by atoms with Crippen LogP contribution in [0.3, 0.4) is 0 Å². The van der Waals surface area contributed by atoms with Gasteiger partial charge in [0.2, 0.25) is 5.24 Å². The van der Waals surface area contributed by atoms with Crippen molar-refractivity contribution in [2.24, 2.45) is 5.92 Å². The van der Waals surface area contributed by atoms with Gasteiger partial charge in [-0.25, -0.2) is 8.78 Å². The van der Waals surface area contributed by atoms with Crippen LogP contribution in [-0.2, 0) is 4.79 Å². The van der Waals surface area contributed by atoms with Gasteiger partial charge in [0.25, 0.3) is 0 Å². The van der Waals surface area contributed by atoms with Gasteiger partial charge in [-0.2, -0.15) is 0 Å². The van der Waals surface area contributed by atoms with Crippen molar-refractivity contribution in [2.45, 2.75) is 12.1 Å². The summed E-state index contributed by atoms with van der Waals surface area (Å²) in [7, 11) is 0. The third-order valence-electron chi connectivity index (χ3n) is 2.26. The molecule has 2 atom stereocenters. The molecule has 64 valence electrons. The highest BCUT2D eigenvalue weighted by atomic mass is 35.5. The van der Waals surface area contributed by atoms with Crippen molar-refractivity contribution in [3.63, 3.8) is 0 Å². The average Bonchev–Trinajstić information content (AvgIpc) is 2.52. The van der Waals surface area contributed by atoms with E-state index in [1.807, 2.05) is 0 Å². The van der Waals surface area contributed by atoms with E-state index in [9.17, 15) is 13.6 Å². The summed E-state index contributed by atoms with van der Waals surface area (Å²) in [4.78, 5) is 10.6. The molecule has 0 bridgehead atoms. The minimum absolute atomic E-state index is 0.309. The van der Waals surface area contributed by atoms with Crippen LogP contribution in [0.4, 0.5) is 8.78 Å². The first kappa shape index (κ1) is 7.92. The van der Waals surface area contributed by atoms with Crippen molar-refractivity contribution in [1.29, 1.82) is 0 Å². The zero-order chi connectivity index (χ0) is 8.93. The third-order valence-corrected chi connectivity index (χ3v) is 2.48. The van der Waals surface area contributed by atoms with Crippen LogP contribution in [0.5, 0.6) is 0 Å². The largest absolute Gasteiger partial charge is 0.280 e. The molecule has 12 heavy (non-hydrogen) atoms. The number of rotatable bonds is 1. The second-order valence-electron chi connectivity index (χ2n) is 3.01. The predicted octanol–water partition coefficient (Wildman–Crippen LogP) is 2.27. The van der Waals surface area contributed by atoms with Gasteiger partial charge in [0.15, 0.2) is 5.67 Å². The molecule has 0 saturated heterocycles. The second kappa shape index (κ2) is 2.16. The molecule has 2 unspecified atom stereocenters. The maximum Gasteiger partial charge on any atom is 0.232 e. The van der Waals surface area contributed by atoms with Crippen LogP contribution in [0.15, 0.2) is 23.6 Å². The van der Waals surface area contributed by atoms with Gasteiger partial charge in [0.05, 0.1) is 5.92 Å². The van der Waals surface area contributed by atoms with Gasteiger partial charge < -0.3 is 0 Å². The third kappa shape index (κ3) is 0.860. The van der Waals surface area contributed by atoms with Gasteiger partial charge in [0.1, 0.15) is 5.83 Å². The lowest BCUT2D eigenvalue weighted by Crippen LogP contribution is -2.09. The van der Waals surface area contributed by atoms with E-state index in [-0.39, 0.29) is 6.42 Å². The zero-order valence-corrected chi connectivity index (χ0v) is 6.74. The molecule has 2 aliphatic carbocycles. The molecule has 0 radical (unpaired) electrons. The summed E-state index contributed by atoms with van der Waals surface area (Å²) in [5, 5.41) is -0.744. The summed E-state index contributed by atoms with van der Waals surface area (Å²) >= 11 is 5.12. The van der Waals surface area contributed by atoms with E-state index in [0.717, 1.165) is 0 Å². The van der Waals surface area contributed by atoms with Gasteiger partial charge >= 0.3 is 0 Å². The van der Waals surface area contributed by atoms with Crippen LogP contribution in [0, 0.1) is 5.92 Å². The van der Waals surface area contributed by atoms with Crippen molar-refractivity contribution in [3.8, 4) is 0 Å². The standard InChI is InChI=1S/C8H5ClF2O/c9-7(12)6-5-2-1-4(10)3-8(5,6)11/h1-2,6H,3H2. The number of carbonyl (C=O) groups excluding carboxylic acids is 1. The maximum absolute atomic E-state index is 13.5. The van der Waals surface area contributed by atoms with E-state index >= 15 is 0 Å². The molecule has 2 aliphatic rings. The Bertz CT molecular complexity index is 321. The fourth-order valence-corrected chi connectivity index (χ4v) is 1.89. The lowest BCUT2D eigenvalue weighted by atomic mass is 10.1. The van der Waals surface area contributed by atoms with Gasteiger partial charge in [-0.15, -0.1) is 0 Å². The lowest BCUT2D eigenvalue weighted by molar-refractivity contribution is -0.113. The molecule has 1 fully saturated rings. The number of halogens is 3. The molecular formula is C8H5ClF2O. The van der Waals surface area contributed by atoms with E-state index in [1.165, 1.54) is 12.2 Å². The van der Waals surface area contributed by atoms with Crippen molar-refractivity contribution in [1.82, 2.24) is 0 Å². The summed E-state index contributed by atoms with van der Waals surface area (Å²) in [6.07, 6.45) is 2.12. The molecule has 1 nitrogen and oxygen atoms in total. The molecule has 0 N–H and O–H groups in total. The average molecular weight is 191 g/mol.